The monoisotopic (exact) mass is 416 g/mol. The van der Waals surface area contributed by atoms with Gasteiger partial charge in [0.15, 0.2) is 0 Å². The summed E-state index contributed by atoms with van der Waals surface area (Å²) in [4.78, 5) is 22.9. The van der Waals surface area contributed by atoms with E-state index in [-0.39, 0.29) is 11.9 Å². The zero-order valence-electron chi connectivity index (χ0n) is 17.6. The van der Waals surface area contributed by atoms with Crippen molar-refractivity contribution in [2.75, 3.05) is 13.7 Å². The van der Waals surface area contributed by atoms with Crippen molar-refractivity contribution in [1.29, 1.82) is 0 Å². The van der Waals surface area contributed by atoms with Crippen molar-refractivity contribution >= 4 is 16.8 Å². The number of H-pyrrole nitrogens is 1. The minimum Gasteiger partial charge on any atom is -0.496 e. The Labute approximate surface area is 180 Å². The topological polar surface area (TPSA) is 84.3 Å². The van der Waals surface area contributed by atoms with Gasteiger partial charge in [-0.15, -0.1) is 0 Å². The Hall–Kier alpha value is -3.61. The van der Waals surface area contributed by atoms with Crippen LogP contribution in [0.2, 0.25) is 0 Å². The number of hydrogen-bond donors (Lipinski definition) is 1. The lowest BCUT2D eigenvalue weighted by Crippen LogP contribution is -2.38. The summed E-state index contributed by atoms with van der Waals surface area (Å²) in [6, 6.07) is 15.8. The van der Waals surface area contributed by atoms with E-state index in [4.69, 9.17) is 9.26 Å². The van der Waals surface area contributed by atoms with Crippen molar-refractivity contribution in [3.05, 3.63) is 65.7 Å². The van der Waals surface area contributed by atoms with Crippen molar-refractivity contribution in [2.24, 2.45) is 0 Å². The molecule has 0 spiro atoms. The molecule has 4 aromatic rings. The van der Waals surface area contributed by atoms with Crippen LogP contribution in [0.3, 0.4) is 0 Å². The fourth-order valence-electron chi connectivity index (χ4n) is 4.42. The molecule has 1 aliphatic rings. The van der Waals surface area contributed by atoms with Gasteiger partial charge in [0.05, 0.1) is 18.7 Å². The zero-order chi connectivity index (χ0) is 21.4. The van der Waals surface area contributed by atoms with Crippen LogP contribution in [0.15, 0.2) is 53.1 Å². The van der Waals surface area contributed by atoms with Gasteiger partial charge in [0.25, 0.3) is 0 Å². The number of aryl methyl sites for hydroxylation is 1. The lowest BCUT2D eigenvalue weighted by molar-refractivity contribution is -0.133. The molecule has 158 valence electrons. The molecule has 1 amide bonds. The first kappa shape index (κ1) is 19.4. The van der Waals surface area contributed by atoms with Gasteiger partial charge in [-0.05, 0) is 37.1 Å². The lowest BCUT2D eigenvalue weighted by Gasteiger charge is -2.33. The molecule has 7 nitrogen and oxygen atoms in total. The van der Waals surface area contributed by atoms with E-state index in [0.717, 1.165) is 23.2 Å². The molecule has 31 heavy (non-hydrogen) atoms. The molecule has 0 saturated carbocycles. The molecule has 0 fully saturated rings. The minimum atomic E-state index is 0.00970. The molecule has 2 aromatic carbocycles. The van der Waals surface area contributed by atoms with Gasteiger partial charge < -0.3 is 19.1 Å². The second-order valence-corrected chi connectivity index (χ2v) is 7.79. The first-order valence-corrected chi connectivity index (χ1v) is 10.5. The standard InChI is InChI=1S/C24H24N4O3/c1-15-23-17(16-7-3-5-9-19(16)25-23)13-14-28(15)22(29)12-11-21-26-24(27-31-21)18-8-4-6-10-20(18)30-2/h3-10,15,25H,11-14H2,1-2H3. The predicted molar refractivity (Wildman–Crippen MR) is 117 cm³/mol. The molecular weight excluding hydrogens is 392 g/mol. The Kier molecular flexibility index (Phi) is 4.94. The molecule has 0 aliphatic carbocycles. The average Bonchev–Trinajstić information content (AvgIpc) is 3.43. The normalized spacial score (nSPS) is 15.8. The molecule has 1 atom stereocenters. The van der Waals surface area contributed by atoms with Crippen LogP contribution in [0, 0.1) is 0 Å². The Morgan fingerprint density at radius 1 is 1.23 bits per heavy atom. The van der Waals surface area contributed by atoms with Crippen LogP contribution in [0.1, 0.15) is 36.5 Å². The molecule has 1 N–H and O–H groups in total. The molecular formula is C24H24N4O3. The summed E-state index contributed by atoms with van der Waals surface area (Å²) in [5, 5.41) is 5.31. The number of hydrogen-bond acceptors (Lipinski definition) is 5. The highest BCUT2D eigenvalue weighted by Crippen LogP contribution is 2.34. The van der Waals surface area contributed by atoms with Gasteiger partial charge in [0.1, 0.15) is 5.75 Å². The molecule has 0 saturated heterocycles. The van der Waals surface area contributed by atoms with Gasteiger partial charge in [-0.25, -0.2) is 0 Å². The maximum absolute atomic E-state index is 13.0. The number of nitrogens with zero attached hydrogens (tertiary/aromatic N) is 3. The van der Waals surface area contributed by atoms with E-state index in [1.54, 1.807) is 7.11 Å². The summed E-state index contributed by atoms with van der Waals surface area (Å²) in [6.07, 6.45) is 1.59. The molecule has 1 aliphatic heterocycles. The number of rotatable bonds is 5. The van der Waals surface area contributed by atoms with Crippen molar-refractivity contribution in [1.82, 2.24) is 20.0 Å². The molecule has 0 radical (unpaired) electrons. The second kappa shape index (κ2) is 7.91. The molecule has 1 unspecified atom stereocenters. The Morgan fingerprint density at radius 2 is 2.03 bits per heavy atom. The van der Waals surface area contributed by atoms with Gasteiger partial charge >= 0.3 is 0 Å². The first-order valence-electron chi connectivity index (χ1n) is 10.5. The number of methoxy groups -OCH3 is 1. The van der Waals surface area contributed by atoms with Crippen LogP contribution >= 0.6 is 0 Å². The van der Waals surface area contributed by atoms with Gasteiger partial charge in [0, 0.05) is 36.0 Å². The zero-order valence-corrected chi connectivity index (χ0v) is 17.6. The number of aromatic nitrogens is 3. The number of aromatic amines is 1. The average molecular weight is 416 g/mol. The van der Waals surface area contributed by atoms with Crippen LogP contribution in [0.5, 0.6) is 5.75 Å². The van der Waals surface area contributed by atoms with Gasteiger partial charge in [-0.1, -0.05) is 35.5 Å². The number of ether oxygens (including phenoxy) is 1. The third-order valence-corrected chi connectivity index (χ3v) is 6.02. The highest BCUT2D eigenvalue weighted by atomic mass is 16.5. The van der Waals surface area contributed by atoms with Crippen LogP contribution in [0.25, 0.3) is 22.3 Å². The quantitative estimate of drug-likeness (QED) is 0.524. The molecule has 7 heteroatoms. The number of carbonyl (C=O) groups excluding carboxylic acids is 1. The van der Waals surface area contributed by atoms with Crippen LogP contribution in [-0.4, -0.2) is 39.6 Å². The van der Waals surface area contributed by atoms with E-state index in [2.05, 4.69) is 40.2 Å². The minimum absolute atomic E-state index is 0.00970. The third-order valence-electron chi connectivity index (χ3n) is 6.02. The first-order chi connectivity index (χ1) is 15.2. The molecule has 3 heterocycles. The number of para-hydroxylation sites is 2. The number of nitrogens with one attached hydrogen (secondary N) is 1. The highest BCUT2D eigenvalue weighted by Gasteiger charge is 2.30. The number of fused-ring (bicyclic) bond motifs is 3. The van der Waals surface area contributed by atoms with E-state index >= 15 is 0 Å². The molecule has 5 rings (SSSR count). The van der Waals surface area contributed by atoms with Crippen LogP contribution in [0.4, 0.5) is 0 Å². The second-order valence-electron chi connectivity index (χ2n) is 7.79. The summed E-state index contributed by atoms with van der Waals surface area (Å²) < 4.78 is 10.7. The summed E-state index contributed by atoms with van der Waals surface area (Å²) in [6.45, 7) is 2.79. The Bertz CT molecular complexity index is 1240. The van der Waals surface area contributed by atoms with E-state index in [1.807, 2.05) is 35.2 Å². The summed E-state index contributed by atoms with van der Waals surface area (Å²) in [5.74, 6) is 1.69. The lowest BCUT2D eigenvalue weighted by atomic mass is 9.98. The molecule has 0 bridgehead atoms. The van der Waals surface area contributed by atoms with E-state index < -0.39 is 0 Å². The molecule has 2 aromatic heterocycles. The smallest absolute Gasteiger partial charge is 0.227 e. The van der Waals surface area contributed by atoms with Crippen LogP contribution < -0.4 is 4.74 Å². The Balaban J connectivity index is 1.28. The van der Waals surface area contributed by atoms with Crippen molar-refractivity contribution in [2.45, 2.75) is 32.2 Å². The van der Waals surface area contributed by atoms with Crippen molar-refractivity contribution in [3.8, 4) is 17.1 Å². The van der Waals surface area contributed by atoms with Gasteiger partial charge in [0.2, 0.25) is 17.6 Å². The van der Waals surface area contributed by atoms with Gasteiger partial charge in [-0.2, -0.15) is 4.98 Å². The van der Waals surface area contributed by atoms with Crippen molar-refractivity contribution in [3.63, 3.8) is 0 Å². The number of amides is 1. The van der Waals surface area contributed by atoms with Crippen molar-refractivity contribution < 1.29 is 14.1 Å². The summed E-state index contributed by atoms with van der Waals surface area (Å²) in [5.41, 5.74) is 4.35. The fraction of sp³-hybridized carbons (Fsp3) is 0.292. The maximum Gasteiger partial charge on any atom is 0.227 e. The largest absolute Gasteiger partial charge is 0.496 e. The third kappa shape index (κ3) is 3.46. The van der Waals surface area contributed by atoms with Crippen LogP contribution in [-0.2, 0) is 17.6 Å². The van der Waals surface area contributed by atoms with E-state index in [0.29, 0.717) is 36.9 Å². The Morgan fingerprint density at radius 3 is 2.90 bits per heavy atom. The summed E-state index contributed by atoms with van der Waals surface area (Å²) in [7, 11) is 1.61. The highest BCUT2D eigenvalue weighted by molar-refractivity contribution is 5.86. The fourth-order valence-corrected chi connectivity index (χ4v) is 4.42. The number of carbonyl (C=O) groups is 1. The van der Waals surface area contributed by atoms with Gasteiger partial charge in [-0.3, -0.25) is 4.79 Å². The number of benzene rings is 2. The van der Waals surface area contributed by atoms with E-state index in [1.165, 1.54) is 10.9 Å². The van der Waals surface area contributed by atoms with E-state index in [9.17, 15) is 4.79 Å². The summed E-state index contributed by atoms with van der Waals surface area (Å²) >= 11 is 0. The SMILES string of the molecule is COc1ccccc1-c1noc(CCC(=O)N2CCc3c([nH]c4ccccc34)C2C)n1. The predicted octanol–water partition coefficient (Wildman–Crippen LogP) is 4.31. The maximum atomic E-state index is 13.0.